The SMILES string of the molecule is CN(C)Cc1ccc(CCNC(C)(C)C)cc1. The van der Waals surface area contributed by atoms with E-state index in [2.05, 4.69) is 69.3 Å². The van der Waals surface area contributed by atoms with E-state index in [-0.39, 0.29) is 5.54 Å². The van der Waals surface area contributed by atoms with Crippen LogP contribution in [0.15, 0.2) is 24.3 Å². The minimum absolute atomic E-state index is 0.213. The second-order valence-corrected chi connectivity index (χ2v) is 5.98. The molecule has 0 saturated heterocycles. The van der Waals surface area contributed by atoms with Crippen LogP contribution in [0, 0.1) is 0 Å². The van der Waals surface area contributed by atoms with Gasteiger partial charge < -0.3 is 10.2 Å². The van der Waals surface area contributed by atoms with E-state index in [9.17, 15) is 0 Å². The van der Waals surface area contributed by atoms with Crippen LogP contribution in [0.5, 0.6) is 0 Å². The zero-order valence-corrected chi connectivity index (χ0v) is 11.9. The molecule has 0 atom stereocenters. The van der Waals surface area contributed by atoms with Gasteiger partial charge in [-0.1, -0.05) is 24.3 Å². The first-order chi connectivity index (χ1) is 7.87. The second-order valence-electron chi connectivity index (χ2n) is 5.98. The van der Waals surface area contributed by atoms with Crippen LogP contribution in [0.4, 0.5) is 0 Å². The van der Waals surface area contributed by atoms with Crippen LogP contribution in [0.2, 0.25) is 0 Å². The minimum Gasteiger partial charge on any atom is -0.312 e. The summed E-state index contributed by atoms with van der Waals surface area (Å²) in [7, 11) is 4.20. The largest absolute Gasteiger partial charge is 0.312 e. The third kappa shape index (κ3) is 6.44. The fraction of sp³-hybridized carbons (Fsp3) is 0.600. The van der Waals surface area contributed by atoms with Gasteiger partial charge in [0.2, 0.25) is 0 Å². The summed E-state index contributed by atoms with van der Waals surface area (Å²) in [5.74, 6) is 0. The van der Waals surface area contributed by atoms with Gasteiger partial charge in [-0.3, -0.25) is 0 Å². The monoisotopic (exact) mass is 234 g/mol. The fourth-order valence-corrected chi connectivity index (χ4v) is 1.76. The number of nitrogens with zero attached hydrogens (tertiary/aromatic N) is 1. The Morgan fingerprint density at radius 1 is 1.00 bits per heavy atom. The molecule has 1 rings (SSSR count). The van der Waals surface area contributed by atoms with Crippen LogP contribution in [-0.4, -0.2) is 31.1 Å². The Balaban J connectivity index is 2.40. The van der Waals surface area contributed by atoms with Gasteiger partial charge in [-0.25, -0.2) is 0 Å². The highest BCUT2D eigenvalue weighted by atomic mass is 15.0. The number of benzene rings is 1. The minimum atomic E-state index is 0.213. The van der Waals surface area contributed by atoms with Gasteiger partial charge >= 0.3 is 0 Å². The molecule has 17 heavy (non-hydrogen) atoms. The topological polar surface area (TPSA) is 15.3 Å². The maximum atomic E-state index is 3.51. The van der Waals surface area contributed by atoms with Crippen molar-refractivity contribution in [2.75, 3.05) is 20.6 Å². The zero-order valence-electron chi connectivity index (χ0n) is 11.9. The molecular formula is C15H26N2. The summed E-state index contributed by atoms with van der Waals surface area (Å²) < 4.78 is 0. The third-order valence-corrected chi connectivity index (χ3v) is 2.59. The Morgan fingerprint density at radius 2 is 1.53 bits per heavy atom. The molecule has 0 saturated carbocycles. The van der Waals surface area contributed by atoms with Crippen molar-refractivity contribution in [2.45, 2.75) is 39.3 Å². The van der Waals surface area contributed by atoms with Crippen LogP contribution in [0.25, 0.3) is 0 Å². The third-order valence-electron chi connectivity index (χ3n) is 2.59. The van der Waals surface area contributed by atoms with Gasteiger partial charge in [0.05, 0.1) is 0 Å². The summed E-state index contributed by atoms with van der Waals surface area (Å²) >= 11 is 0. The maximum Gasteiger partial charge on any atom is 0.0227 e. The predicted octanol–water partition coefficient (Wildman–Crippen LogP) is 2.68. The number of nitrogens with one attached hydrogen (secondary N) is 1. The Morgan fingerprint density at radius 3 is 2.00 bits per heavy atom. The van der Waals surface area contributed by atoms with Crippen LogP contribution in [0.1, 0.15) is 31.9 Å². The van der Waals surface area contributed by atoms with E-state index in [1.165, 1.54) is 11.1 Å². The van der Waals surface area contributed by atoms with Crippen LogP contribution in [0.3, 0.4) is 0 Å². The van der Waals surface area contributed by atoms with Crippen molar-refractivity contribution in [1.29, 1.82) is 0 Å². The van der Waals surface area contributed by atoms with Crippen molar-refractivity contribution in [3.63, 3.8) is 0 Å². The van der Waals surface area contributed by atoms with Gasteiger partial charge in [0, 0.05) is 12.1 Å². The van der Waals surface area contributed by atoms with E-state index in [1.54, 1.807) is 0 Å². The lowest BCUT2D eigenvalue weighted by Gasteiger charge is -2.20. The van der Waals surface area contributed by atoms with Crippen LogP contribution in [-0.2, 0) is 13.0 Å². The number of hydrogen-bond donors (Lipinski definition) is 1. The molecular weight excluding hydrogens is 208 g/mol. The molecule has 0 aromatic heterocycles. The molecule has 0 fully saturated rings. The van der Waals surface area contributed by atoms with Gasteiger partial charge in [0.25, 0.3) is 0 Å². The molecule has 1 aromatic rings. The number of rotatable bonds is 5. The van der Waals surface area contributed by atoms with Crippen molar-refractivity contribution in [3.8, 4) is 0 Å². The van der Waals surface area contributed by atoms with E-state index < -0.39 is 0 Å². The number of hydrogen-bond acceptors (Lipinski definition) is 2. The summed E-state index contributed by atoms with van der Waals surface area (Å²) in [6.07, 6.45) is 1.10. The Labute approximate surface area is 106 Å². The lowest BCUT2D eigenvalue weighted by atomic mass is 10.1. The van der Waals surface area contributed by atoms with Crippen molar-refractivity contribution in [1.82, 2.24) is 10.2 Å². The Hall–Kier alpha value is -0.860. The molecule has 0 amide bonds. The molecule has 1 aromatic carbocycles. The summed E-state index contributed by atoms with van der Waals surface area (Å²) in [6, 6.07) is 8.94. The molecule has 0 aliphatic heterocycles. The average molecular weight is 234 g/mol. The van der Waals surface area contributed by atoms with Gasteiger partial charge in [0.1, 0.15) is 0 Å². The first-order valence-corrected chi connectivity index (χ1v) is 6.34. The molecule has 0 aliphatic rings. The van der Waals surface area contributed by atoms with Crippen LogP contribution < -0.4 is 5.32 Å². The molecule has 96 valence electrons. The van der Waals surface area contributed by atoms with E-state index in [0.29, 0.717) is 0 Å². The quantitative estimate of drug-likeness (QED) is 0.842. The van der Waals surface area contributed by atoms with E-state index >= 15 is 0 Å². The van der Waals surface area contributed by atoms with Gasteiger partial charge in [-0.2, -0.15) is 0 Å². The van der Waals surface area contributed by atoms with Gasteiger partial charge in [-0.05, 0) is 59.0 Å². The summed E-state index contributed by atoms with van der Waals surface area (Å²) in [5, 5.41) is 3.51. The van der Waals surface area contributed by atoms with Crippen molar-refractivity contribution < 1.29 is 0 Å². The summed E-state index contributed by atoms with van der Waals surface area (Å²) in [5.41, 5.74) is 3.00. The summed E-state index contributed by atoms with van der Waals surface area (Å²) in [6.45, 7) is 8.66. The average Bonchev–Trinajstić information content (AvgIpc) is 2.18. The van der Waals surface area contributed by atoms with Gasteiger partial charge in [0.15, 0.2) is 0 Å². The highest BCUT2D eigenvalue weighted by molar-refractivity contribution is 5.22. The van der Waals surface area contributed by atoms with E-state index in [1.807, 2.05) is 0 Å². The fourth-order valence-electron chi connectivity index (χ4n) is 1.76. The van der Waals surface area contributed by atoms with E-state index in [4.69, 9.17) is 0 Å². The molecule has 0 heterocycles. The molecule has 2 nitrogen and oxygen atoms in total. The van der Waals surface area contributed by atoms with Crippen molar-refractivity contribution in [3.05, 3.63) is 35.4 Å². The van der Waals surface area contributed by atoms with Gasteiger partial charge in [-0.15, -0.1) is 0 Å². The first kappa shape index (κ1) is 14.2. The molecule has 0 bridgehead atoms. The molecule has 0 spiro atoms. The normalized spacial score (nSPS) is 12.1. The van der Waals surface area contributed by atoms with Crippen LogP contribution >= 0.6 is 0 Å². The standard InChI is InChI=1S/C15H26N2/c1-15(2,3)16-11-10-13-6-8-14(9-7-13)12-17(4)5/h6-9,16H,10-12H2,1-5H3. The highest BCUT2D eigenvalue weighted by Crippen LogP contribution is 2.07. The van der Waals surface area contributed by atoms with E-state index in [0.717, 1.165) is 19.5 Å². The Bertz CT molecular complexity index is 320. The second kappa shape index (κ2) is 6.18. The molecule has 1 N–H and O–H groups in total. The summed E-state index contributed by atoms with van der Waals surface area (Å²) in [4.78, 5) is 2.19. The molecule has 2 heteroatoms. The highest BCUT2D eigenvalue weighted by Gasteiger charge is 2.07. The first-order valence-electron chi connectivity index (χ1n) is 6.34. The molecule has 0 unspecified atom stereocenters. The molecule has 0 radical (unpaired) electrons. The smallest absolute Gasteiger partial charge is 0.0227 e. The van der Waals surface area contributed by atoms with Crippen molar-refractivity contribution >= 4 is 0 Å². The predicted molar refractivity (Wildman–Crippen MR) is 75.3 cm³/mol. The zero-order chi connectivity index (χ0) is 12.9. The van der Waals surface area contributed by atoms with Crippen molar-refractivity contribution in [2.24, 2.45) is 0 Å². The lowest BCUT2D eigenvalue weighted by Crippen LogP contribution is -2.37. The lowest BCUT2D eigenvalue weighted by molar-refractivity contribution is 0.402. The Kier molecular flexibility index (Phi) is 5.16. The molecule has 0 aliphatic carbocycles. The maximum absolute atomic E-state index is 3.51.